The molecule has 3 aromatic rings. The highest BCUT2D eigenvalue weighted by Gasteiger charge is 2.73. The van der Waals surface area contributed by atoms with Gasteiger partial charge in [0.05, 0.1) is 22.9 Å². The average molecular weight is 606 g/mol. The van der Waals surface area contributed by atoms with Gasteiger partial charge < -0.3 is 4.90 Å². The second kappa shape index (κ2) is 9.46. The normalized spacial score (nSPS) is 21.4. The van der Waals surface area contributed by atoms with E-state index in [0.29, 0.717) is 6.07 Å². The van der Waals surface area contributed by atoms with E-state index < -0.39 is 62.4 Å². The fourth-order valence-electron chi connectivity index (χ4n) is 5.79. The van der Waals surface area contributed by atoms with E-state index in [0.717, 1.165) is 36.5 Å². The van der Waals surface area contributed by atoms with Gasteiger partial charge >= 0.3 is 18.0 Å². The molecule has 1 saturated heterocycles. The standard InChI is InChI=1S/C26H19F8N3O3S/c27-19-4-6-20(7-5-19)41(39,40)23-14-37(22(38)16-9-10-35-36-12-16)13-18(23)2-1-15-11-17(3-8-21(15)23)24(28,25(29,30)31)26(32,33)34/h3-12,18H,1-2,13-14H2. The fourth-order valence-corrected chi connectivity index (χ4v) is 8.15. The van der Waals surface area contributed by atoms with Gasteiger partial charge in [0.25, 0.3) is 5.91 Å². The molecule has 2 heterocycles. The van der Waals surface area contributed by atoms with Crippen LogP contribution in [-0.2, 0) is 26.7 Å². The minimum Gasteiger partial charge on any atom is -0.336 e. The first-order chi connectivity index (χ1) is 19.0. The topological polar surface area (TPSA) is 80.2 Å². The lowest BCUT2D eigenvalue weighted by Gasteiger charge is -2.40. The third-order valence-corrected chi connectivity index (χ3v) is 10.3. The van der Waals surface area contributed by atoms with Gasteiger partial charge in [0, 0.05) is 24.6 Å². The number of likely N-dealkylation sites (tertiary alicyclic amines) is 1. The van der Waals surface area contributed by atoms with E-state index in [1.54, 1.807) is 0 Å². The Bertz CT molecular complexity index is 1580. The number of hydrogen-bond acceptors (Lipinski definition) is 5. The number of benzene rings is 2. The van der Waals surface area contributed by atoms with Crippen molar-refractivity contribution in [2.75, 3.05) is 13.1 Å². The number of alkyl halides is 7. The zero-order chi connectivity index (χ0) is 30.0. The van der Waals surface area contributed by atoms with Crippen molar-refractivity contribution in [3.8, 4) is 0 Å². The molecule has 0 radical (unpaired) electrons. The SMILES string of the molecule is O=C(c1ccnnc1)N1CC2CCc3cc(C(F)(C(F)(F)F)C(F)(F)F)ccc3C2(S(=O)(=O)c2ccc(F)cc2)C1. The van der Waals surface area contributed by atoms with Gasteiger partial charge in [-0.05, 0) is 54.3 Å². The Morgan fingerprint density at radius 3 is 2.17 bits per heavy atom. The first-order valence-corrected chi connectivity index (χ1v) is 13.5. The van der Waals surface area contributed by atoms with Crippen molar-refractivity contribution < 1.29 is 48.3 Å². The molecule has 0 saturated carbocycles. The van der Waals surface area contributed by atoms with Crippen LogP contribution in [0.5, 0.6) is 0 Å². The summed E-state index contributed by atoms with van der Waals surface area (Å²) >= 11 is 0. The molecule has 1 aliphatic carbocycles. The highest BCUT2D eigenvalue weighted by molar-refractivity contribution is 7.92. The molecule has 1 aromatic heterocycles. The number of fused-ring (bicyclic) bond motifs is 3. The number of amides is 1. The third-order valence-electron chi connectivity index (χ3n) is 7.75. The summed E-state index contributed by atoms with van der Waals surface area (Å²) in [6.45, 7) is -0.648. The minimum absolute atomic E-state index is 0.0629. The number of halogens is 8. The van der Waals surface area contributed by atoms with Gasteiger partial charge in [0.2, 0.25) is 0 Å². The molecule has 15 heteroatoms. The Labute approximate surface area is 227 Å². The number of aromatic nitrogens is 2. The van der Waals surface area contributed by atoms with Gasteiger partial charge in [-0.25, -0.2) is 17.2 Å². The maximum Gasteiger partial charge on any atom is 0.435 e. The van der Waals surface area contributed by atoms with Crippen molar-refractivity contribution in [1.29, 1.82) is 0 Å². The molecule has 0 N–H and O–H groups in total. The van der Waals surface area contributed by atoms with Crippen LogP contribution in [0.25, 0.3) is 0 Å². The van der Waals surface area contributed by atoms with Crippen LogP contribution in [0.1, 0.15) is 33.5 Å². The number of carbonyl (C=O) groups is 1. The van der Waals surface area contributed by atoms with E-state index in [2.05, 4.69) is 10.2 Å². The van der Waals surface area contributed by atoms with Crippen LogP contribution < -0.4 is 0 Å². The van der Waals surface area contributed by atoms with Crippen LogP contribution in [-0.4, -0.2) is 54.9 Å². The smallest absolute Gasteiger partial charge is 0.336 e. The number of carbonyl (C=O) groups excluding carboxylic acids is 1. The molecule has 1 amide bonds. The predicted molar refractivity (Wildman–Crippen MR) is 126 cm³/mol. The number of sulfone groups is 1. The van der Waals surface area contributed by atoms with E-state index in [-0.39, 0.29) is 47.0 Å². The predicted octanol–water partition coefficient (Wildman–Crippen LogP) is 5.29. The van der Waals surface area contributed by atoms with Crippen LogP contribution in [0.3, 0.4) is 0 Å². The second-order valence-corrected chi connectivity index (χ2v) is 12.1. The Balaban J connectivity index is 1.70. The largest absolute Gasteiger partial charge is 0.435 e. The quantitative estimate of drug-likeness (QED) is 0.298. The van der Waals surface area contributed by atoms with E-state index >= 15 is 0 Å². The highest BCUT2D eigenvalue weighted by Crippen LogP contribution is 2.56. The molecule has 6 nitrogen and oxygen atoms in total. The van der Waals surface area contributed by atoms with Crippen LogP contribution in [0.15, 0.2) is 65.8 Å². The Morgan fingerprint density at radius 1 is 0.927 bits per heavy atom. The van der Waals surface area contributed by atoms with Gasteiger partial charge in [0.1, 0.15) is 10.6 Å². The van der Waals surface area contributed by atoms with Crippen molar-refractivity contribution in [1.82, 2.24) is 15.1 Å². The molecule has 0 bridgehead atoms. The lowest BCUT2D eigenvalue weighted by Crippen LogP contribution is -2.51. The molecular weight excluding hydrogens is 586 g/mol. The van der Waals surface area contributed by atoms with Gasteiger partial charge in [0.15, 0.2) is 9.84 Å². The van der Waals surface area contributed by atoms with Crippen LogP contribution in [0, 0.1) is 11.7 Å². The number of aryl methyl sites for hydroxylation is 1. The van der Waals surface area contributed by atoms with E-state index in [4.69, 9.17) is 0 Å². The lowest BCUT2D eigenvalue weighted by molar-refractivity contribution is -0.348. The molecule has 1 fully saturated rings. The zero-order valence-corrected chi connectivity index (χ0v) is 21.5. The minimum atomic E-state index is -6.36. The van der Waals surface area contributed by atoms with E-state index in [1.165, 1.54) is 17.2 Å². The molecule has 2 atom stereocenters. The summed E-state index contributed by atoms with van der Waals surface area (Å²) in [5.41, 5.74) is -7.77. The average Bonchev–Trinajstić information content (AvgIpc) is 3.33. The van der Waals surface area contributed by atoms with Crippen LogP contribution in [0.4, 0.5) is 35.1 Å². The van der Waals surface area contributed by atoms with Crippen molar-refractivity contribution in [2.24, 2.45) is 5.92 Å². The first kappa shape index (κ1) is 28.9. The summed E-state index contributed by atoms with van der Waals surface area (Å²) in [6.07, 6.45) is -10.6. The summed E-state index contributed by atoms with van der Waals surface area (Å²) in [5.74, 6) is -2.23. The van der Waals surface area contributed by atoms with Crippen molar-refractivity contribution in [3.63, 3.8) is 0 Å². The fraction of sp³-hybridized carbons (Fsp3) is 0.346. The summed E-state index contributed by atoms with van der Waals surface area (Å²) < 4.78 is 136. The van der Waals surface area contributed by atoms with Crippen molar-refractivity contribution in [3.05, 3.63) is 89.0 Å². The Hall–Kier alpha value is -3.62. The molecule has 2 unspecified atom stereocenters. The van der Waals surface area contributed by atoms with Crippen molar-refractivity contribution in [2.45, 2.75) is 40.5 Å². The second-order valence-electron chi connectivity index (χ2n) is 9.93. The number of hydrogen-bond donors (Lipinski definition) is 0. The Morgan fingerprint density at radius 2 is 1.59 bits per heavy atom. The summed E-state index contributed by atoms with van der Waals surface area (Å²) in [7, 11) is -4.57. The maximum absolute atomic E-state index is 14.9. The molecule has 5 rings (SSSR count). The van der Waals surface area contributed by atoms with Crippen LogP contribution in [0.2, 0.25) is 0 Å². The third kappa shape index (κ3) is 4.27. The van der Waals surface area contributed by atoms with Gasteiger partial charge in [-0.3, -0.25) is 4.79 Å². The van der Waals surface area contributed by atoms with Gasteiger partial charge in [-0.15, -0.1) is 0 Å². The number of nitrogens with zero attached hydrogens (tertiary/aromatic N) is 3. The van der Waals surface area contributed by atoms with Gasteiger partial charge in [-0.2, -0.15) is 36.5 Å². The molecule has 2 aromatic carbocycles. The molecule has 218 valence electrons. The molecule has 41 heavy (non-hydrogen) atoms. The first-order valence-electron chi connectivity index (χ1n) is 12.1. The molecule has 0 spiro atoms. The molecule has 1 aliphatic heterocycles. The zero-order valence-electron chi connectivity index (χ0n) is 20.7. The molecule has 2 aliphatic rings. The van der Waals surface area contributed by atoms with E-state index in [1.807, 2.05) is 0 Å². The van der Waals surface area contributed by atoms with Gasteiger partial charge in [-0.1, -0.05) is 18.2 Å². The summed E-state index contributed by atoms with van der Waals surface area (Å²) in [5, 5.41) is 7.21. The molecular formula is C26H19F8N3O3S. The Kier molecular flexibility index (Phi) is 6.67. The summed E-state index contributed by atoms with van der Waals surface area (Å²) in [4.78, 5) is 14.1. The van der Waals surface area contributed by atoms with E-state index in [9.17, 15) is 48.3 Å². The van der Waals surface area contributed by atoms with Crippen molar-refractivity contribution >= 4 is 15.7 Å². The highest BCUT2D eigenvalue weighted by atomic mass is 32.2. The monoisotopic (exact) mass is 605 g/mol. The lowest BCUT2D eigenvalue weighted by atomic mass is 9.75. The van der Waals surface area contributed by atoms with Crippen LogP contribution >= 0.6 is 0 Å². The summed E-state index contributed by atoms with van der Waals surface area (Å²) in [6, 6.07) is 6.51. The number of rotatable bonds is 4. The maximum atomic E-state index is 14.9.